The quantitative estimate of drug-likeness (QED) is 0.610. The fraction of sp³-hybridized carbons (Fsp3) is 0. The summed E-state index contributed by atoms with van der Waals surface area (Å²) in [6, 6.07) is 12.8. The smallest absolute Gasteiger partial charge is 0.267 e. The van der Waals surface area contributed by atoms with Crippen molar-refractivity contribution in [2.45, 2.75) is 0 Å². The largest absolute Gasteiger partial charge is 0.324 e. The normalized spacial score (nSPS) is 10.8. The van der Waals surface area contributed by atoms with Gasteiger partial charge >= 0.3 is 0 Å². The van der Waals surface area contributed by atoms with Gasteiger partial charge in [0.05, 0.1) is 28.5 Å². The summed E-state index contributed by atoms with van der Waals surface area (Å²) in [5, 5.41) is 3.11. The monoisotopic (exact) mass is 350 g/mol. The lowest BCUT2D eigenvalue weighted by Gasteiger charge is -2.15. The van der Waals surface area contributed by atoms with E-state index in [1.165, 1.54) is 34.9 Å². The first-order valence-electron chi connectivity index (χ1n) is 7.77. The molecule has 0 spiro atoms. The predicted molar refractivity (Wildman–Crippen MR) is 94.8 cm³/mol. The number of fused-ring (bicyclic) bond motifs is 1. The number of rotatable bonds is 3. The Bertz CT molecular complexity index is 1160. The van der Waals surface area contributed by atoms with Gasteiger partial charge in [0, 0.05) is 6.20 Å². The van der Waals surface area contributed by atoms with Crippen molar-refractivity contribution in [3.8, 4) is 5.69 Å². The number of hydrogen-bond acceptors (Lipinski definition) is 4. The van der Waals surface area contributed by atoms with E-state index in [-0.39, 0.29) is 17.0 Å². The standard InChI is InChI=1S/C19H12F2N4O/c20-12-3-1-5-15(9-12)25-18(26)16-10-13(21)6-7-17(16)24-19(25)23-14-4-2-8-22-11-14/h1-11H,(H,23,24). The predicted octanol–water partition coefficient (Wildman–Crippen LogP) is 3.80. The SMILES string of the molecule is O=c1c2cc(F)ccc2nc(Nc2cccnc2)n1-c1cccc(F)c1. The van der Waals surface area contributed by atoms with Crippen LogP contribution in [-0.2, 0) is 0 Å². The van der Waals surface area contributed by atoms with Crippen molar-refractivity contribution in [1.29, 1.82) is 0 Å². The minimum absolute atomic E-state index is 0.103. The summed E-state index contributed by atoms with van der Waals surface area (Å²) >= 11 is 0. The van der Waals surface area contributed by atoms with Gasteiger partial charge in [-0.05, 0) is 48.5 Å². The fourth-order valence-corrected chi connectivity index (χ4v) is 2.66. The fourth-order valence-electron chi connectivity index (χ4n) is 2.66. The van der Waals surface area contributed by atoms with Crippen molar-refractivity contribution in [3.05, 3.63) is 89.0 Å². The first-order chi connectivity index (χ1) is 12.6. The summed E-state index contributed by atoms with van der Waals surface area (Å²) in [6.07, 6.45) is 3.18. The maximum absolute atomic E-state index is 13.7. The highest BCUT2D eigenvalue weighted by Gasteiger charge is 2.14. The molecule has 0 fully saturated rings. The van der Waals surface area contributed by atoms with Crippen LogP contribution in [0.15, 0.2) is 71.8 Å². The summed E-state index contributed by atoms with van der Waals surface area (Å²) < 4.78 is 28.5. The van der Waals surface area contributed by atoms with E-state index in [1.807, 2.05) is 0 Å². The molecule has 1 N–H and O–H groups in total. The van der Waals surface area contributed by atoms with Gasteiger partial charge in [-0.3, -0.25) is 9.78 Å². The molecule has 2 aromatic heterocycles. The third-order valence-corrected chi connectivity index (χ3v) is 3.81. The lowest BCUT2D eigenvalue weighted by Crippen LogP contribution is -2.23. The highest BCUT2D eigenvalue weighted by atomic mass is 19.1. The Kier molecular flexibility index (Phi) is 3.89. The van der Waals surface area contributed by atoms with E-state index in [9.17, 15) is 13.6 Å². The van der Waals surface area contributed by atoms with Crippen LogP contribution in [0.5, 0.6) is 0 Å². The van der Waals surface area contributed by atoms with E-state index >= 15 is 0 Å². The van der Waals surface area contributed by atoms with E-state index in [0.29, 0.717) is 11.2 Å². The number of hydrogen-bond donors (Lipinski definition) is 1. The molecule has 0 amide bonds. The molecule has 2 aromatic carbocycles. The molecule has 0 aliphatic heterocycles. The average Bonchev–Trinajstić information content (AvgIpc) is 2.63. The molecule has 0 atom stereocenters. The van der Waals surface area contributed by atoms with E-state index in [1.54, 1.807) is 30.6 Å². The Hall–Kier alpha value is -3.61. The zero-order chi connectivity index (χ0) is 18.1. The van der Waals surface area contributed by atoms with Crippen molar-refractivity contribution in [3.63, 3.8) is 0 Å². The van der Waals surface area contributed by atoms with Crippen LogP contribution in [0.25, 0.3) is 16.6 Å². The van der Waals surface area contributed by atoms with Crippen molar-refractivity contribution < 1.29 is 8.78 Å². The number of nitrogens with one attached hydrogen (secondary N) is 1. The molecule has 4 aromatic rings. The molecule has 0 aliphatic rings. The first-order valence-corrected chi connectivity index (χ1v) is 7.77. The Labute approximate surface area is 146 Å². The summed E-state index contributed by atoms with van der Waals surface area (Å²) in [6.45, 7) is 0. The van der Waals surface area contributed by atoms with E-state index in [0.717, 1.165) is 6.07 Å². The van der Waals surface area contributed by atoms with Crippen molar-refractivity contribution in [2.24, 2.45) is 0 Å². The van der Waals surface area contributed by atoms with Gasteiger partial charge in [-0.2, -0.15) is 0 Å². The maximum atomic E-state index is 13.7. The van der Waals surface area contributed by atoms with Gasteiger partial charge < -0.3 is 5.32 Å². The number of halogens is 2. The van der Waals surface area contributed by atoms with Gasteiger partial charge in [-0.15, -0.1) is 0 Å². The highest BCUT2D eigenvalue weighted by Crippen LogP contribution is 2.20. The van der Waals surface area contributed by atoms with Gasteiger partial charge in [0.25, 0.3) is 5.56 Å². The van der Waals surface area contributed by atoms with Crippen LogP contribution in [0.4, 0.5) is 20.4 Å². The van der Waals surface area contributed by atoms with Gasteiger partial charge in [-0.25, -0.2) is 18.3 Å². The minimum Gasteiger partial charge on any atom is -0.324 e. The number of pyridine rings is 1. The van der Waals surface area contributed by atoms with Crippen LogP contribution < -0.4 is 10.9 Å². The second-order valence-corrected chi connectivity index (χ2v) is 5.58. The summed E-state index contributed by atoms with van der Waals surface area (Å²) in [4.78, 5) is 21.4. The number of aromatic nitrogens is 3. The Morgan fingerprint density at radius 1 is 0.962 bits per heavy atom. The van der Waals surface area contributed by atoms with Gasteiger partial charge in [-0.1, -0.05) is 6.07 Å². The lowest BCUT2D eigenvalue weighted by atomic mass is 10.2. The van der Waals surface area contributed by atoms with Crippen molar-refractivity contribution in [2.75, 3.05) is 5.32 Å². The van der Waals surface area contributed by atoms with E-state index < -0.39 is 17.2 Å². The molecule has 4 rings (SSSR count). The molecule has 0 saturated carbocycles. The molecule has 0 radical (unpaired) electrons. The molecule has 128 valence electrons. The third kappa shape index (κ3) is 2.90. The number of benzene rings is 2. The van der Waals surface area contributed by atoms with Crippen LogP contribution in [-0.4, -0.2) is 14.5 Å². The molecule has 0 unspecified atom stereocenters. The number of anilines is 2. The number of nitrogens with zero attached hydrogens (tertiary/aromatic N) is 3. The Morgan fingerprint density at radius 3 is 2.58 bits per heavy atom. The van der Waals surface area contributed by atoms with Crippen molar-refractivity contribution >= 4 is 22.5 Å². The summed E-state index contributed by atoms with van der Waals surface area (Å²) in [5.74, 6) is -0.871. The van der Waals surface area contributed by atoms with Gasteiger partial charge in [0.2, 0.25) is 5.95 Å². The molecule has 7 heteroatoms. The molecule has 0 aliphatic carbocycles. The Balaban J connectivity index is 2.00. The van der Waals surface area contributed by atoms with Crippen LogP contribution >= 0.6 is 0 Å². The molecule has 0 bridgehead atoms. The second kappa shape index (κ2) is 6.36. The zero-order valence-electron chi connectivity index (χ0n) is 13.4. The molecule has 0 saturated heterocycles. The highest BCUT2D eigenvalue weighted by molar-refractivity contribution is 5.80. The summed E-state index contributed by atoms with van der Waals surface area (Å²) in [5.41, 5.74) is 0.702. The van der Waals surface area contributed by atoms with Crippen LogP contribution in [0.3, 0.4) is 0 Å². The lowest BCUT2D eigenvalue weighted by molar-refractivity contribution is 0.626. The topological polar surface area (TPSA) is 59.8 Å². The van der Waals surface area contributed by atoms with Crippen LogP contribution in [0.1, 0.15) is 0 Å². The molecule has 5 nitrogen and oxygen atoms in total. The average molecular weight is 350 g/mol. The van der Waals surface area contributed by atoms with Gasteiger partial charge in [0.1, 0.15) is 11.6 Å². The minimum atomic E-state index is -0.546. The molecule has 2 heterocycles. The molecular weight excluding hydrogens is 338 g/mol. The van der Waals surface area contributed by atoms with Crippen LogP contribution in [0.2, 0.25) is 0 Å². The van der Waals surface area contributed by atoms with E-state index in [4.69, 9.17) is 0 Å². The molecular formula is C19H12F2N4O. The van der Waals surface area contributed by atoms with Crippen molar-refractivity contribution in [1.82, 2.24) is 14.5 Å². The first kappa shape index (κ1) is 15.9. The van der Waals surface area contributed by atoms with Gasteiger partial charge in [0.15, 0.2) is 0 Å². The second-order valence-electron chi connectivity index (χ2n) is 5.58. The maximum Gasteiger partial charge on any atom is 0.267 e. The third-order valence-electron chi connectivity index (χ3n) is 3.81. The Morgan fingerprint density at radius 2 is 1.81 bits per heavy atom. The van der Waals surface area contributed by atoms with Crippen LogP contribution in [0, 0.1) is 11.6 Å². The van der Waals surface area contributed by atoms with E-state index in [2.05, 4.69) is 15.3 Å². The zero-order valence-corrected chi connectivity index (χ0v) is 13.4. The molecule has 26 heavy (non-hydrogen) atoms. The summed E-state index contributed by atoms with van der Waals surface area (Å²) in [7, 11) is 0.